The van der Waals surface area contributed by atoms with E-state index in [2.05, 4.69) is 43.5 Å². The van der Waals surface area contributed by atoms with E-state index in [0.717, 1.165) is 52.7 Å². The number of nitrogens with zero attached hydrogens (tertiary/aromatic N) is 1. The Hall–Kier alpha value is -2.81. The molecule has 2 aromatic rings. The van der Waals surface area contributed by atoms with E-state index in [1.165, 1.54) is 0 Å². The molecule has 0 aliphatic heterocycles. The molecule has 1 fully saturated rings. The van der Waals surface area contributed by atoms with Crippen molar-refractivity contribution in [3.05, 3.63) is 61.0 Å². The van der Waals surface area contributed by atoms with Crippen molar-refractivity contribution in [2.45, 2.75) is 91.5 Å². The molecule has 3 N–H and O–H groups in total. The lowest BCUT2D eigenvalue weighted by molar-refractivity contribution is 0.0491. The van der Waals surface area contributed by atoms with E-state index in [1.807, 2.05) is 59.7 Å². The maximum atomic E-state index is 13.2. The van der Waals surface area contributed by atoms with Crippen molar-refractivity contribution in [3.8, 4) is 0 Å². The van der Waals surface area contributed by atoms with Gasteiger partial charge in [-0.05, 0) is 96.6 Å². The SMILES string of the molecule is Cc1cc(C)c(CNC(=O)c2cc(Br)cc(N(C)[C@H]3CC[C@@H](NC(=O)OC(C)(C)C)CC3)c2C)c(=O)[nH]1. The molecule has 0 radical (unpaired) electrons. The molecule has 1 aromatic carbocycles. The molecule has 8 nitrogen and oxygen atoms in total. The number of aryl methyl sites for hydroxylation is 2. The Labute approximate surface area is 227 Å². The number of aromatic nitrogens is 1. The highest BCUT2D eigenvalue weighted by molar-refractivity contribution is 9.10. The van der Waals surface area contributed by atoms with Gasteiger partial charge in [-0.15, -0.1) is 0 Å². The van der Waals surface area contributed by atoms with Crippen LogP contribution in [0.2, 0.25) is 0 Å². The summed E-state index contributed by atoms with van der Waals surface area (Å²) in [4.78, 5) is 42.7. The number of pyridine rings is 1. The molecule has 3 rings (SSSR count). The van der Waals surface area contributed by atoms with Gasteiger partial charge in [-0.1, -0.05) is 15.9 Å². The van der Waals surface area contributed by atoms with Gasteiger partial charge in [0, 0.05) is 52.7 Å². The maximum absolute atomic E-state index is 13.2. The summed E-state index contributed by atoms with van der Waals surface area (Å²) in [6.07, 6.45) is 3.18. The number of carbonyl (C=O) groups is 2. The Bertz CT molecular complexity index is 1210. The van der Waals surface area contributed by atoms with Gasteiger partial charge in [0.2, 0.25) is 0 Å². The van der Waals surface area contributed by atoms with Gasteiger partial charge < -0.3 is 25.3 Å². The van der Waals surface area contributed by atoms with Crippen LogP contribution >= 0.6 is 15.9 Å². The van der Waals surface area contributed by atoms with Gasteiger partial charge in [-0.3, -0.25) is 9.59 Å². The van der Waals surface area contributed by atoms with Crippen molar-refractivity contribution in [1.29, 1.82) is 0 Å². The second-order valence-electron chi connectivity index (χ2n) is 11.0. The van der Waals surface area contributed by atoms with Crippen LogP contribution in [0.3, 0.4) is 0 Å². The van der Waals surface area contributed by atoms with E-state index in [9.17, 15) is 14.4 Å². The molecule has 1 saturated carbocycles. The third-order valence-corrected chi connectivity index (χ3v) is 7.31. The van der Waals surface area contributed by atoms with Crippen LogP contribution in [0.1, 0.15) is 79.2 Å². The fourth-order valence-electron chi connectivity index (χ4n) is 4.91. The summed E-state index contributed by atoms with van der Waals surface area (Å²) in [5.74, 6) is -0.224. The molecule has 0 spiro atoms. The van der Waals surface area contributed by atoms with E-state index in [1.54, 1.807) is 0 Å². The summed E-state index contributed by atoms with van der Waals surface area (Å²) in [7, 11) is 2.05. The number of anilines is 1. The topological polar surface area (TPSA) is 104 Å². The number of benzene rings is 1. The number of alkyl carbamates (subject to hydrolysis) is 1. The van der Waals surface area contributed by atoms with Gasteiger partial charge in [0.1, 0.15) is 5.60 Å². The molecule has 0 atom stereocenters. The van der Waals surface area contributed by atoms with E-state index < -0.39 is 5.60 Å². The molecule has 2 amide bonds. The van der Waals surface area contributed by atoms with Crippen LogP contribution < -0.4 is 21.1 Å². The van der Waals surface area contributed by atoms with Crippen LogP contribution in [0.15, 0.2) is 27.5 Å². The molecule has 0 bridgehead atoms. The first-order valence-electron chi connectivity index (χ1n) is 12.7. The minimum absolute atomic E-state index is 0.0952. The van der Waals surface area contributed by atoms with Gasteiger partial charge in [0.05, 0.1) is 0 Å². The highest BCUT2D eigenvalue weighted by Gasteiger charge is 2.28. The molecule has 1 aliphatic rings. The molecule has 202 valence electrons. The van der Waals surface area contributed by atoms with Gasteiger partial charge >= 0.3 is 6.09 Å². The quantitative estimate of drug-likeness (QED) is 0.436. The Morgan fingerprint density at radius 3 is 2.35 bits per heavy atom. The number of amides is 2. The van der Waals surface area contributed by atoms with E-state index >= 15 is 0 Å². The lowest BCUT2D eigenvalue weighted by atomic mass is 9.89. The average Bonchev–Trinajstić information content (AvgIpc) is 2.78. The Balaban J connectivity index is 1.67. The number of halogens is 1. The van der Waals surface area contributed by atoms with Crippen molar-refractivity contribution in [2.75, 3.05) is 11.9 Å². The maximum Gasteiger partial charge on any atom is 0.407 e. The summed E-state index contributed by atoms with van der Waals surface area (Å²) >= 11 is 3.57. The molecule has 37 heavy (non-hydrogen) atoms. The number of carbonyl (C=O) groups excluding carboxylic acids is 2. The summed E-state index contributed by atoms with van der Waals surface area (Å²) < 4.78 is 6.21. The van der Waals surface area contributed by atoms with Gasteiger partial charge in [-0.2, -0.15) is 0 Å². The number of ether oxygens (including phenoxy) is 1. The standard InChI is InChI=1S/C28H39BrN4O4/c1-16-12-17(2)31-26(35)23(16)15-30-25(34)22-13-19(29)14-24(18(22)3)33(7)21-10-8-20(9-11-21)32-27(36)37-28(4,5)6/h12-14,20-21H,8-11,15H2,1-7H3,(H,30,34)(H,31,35)(H,32,36)/t20-,21+. The summed E-state index contributed by atoms with van der Waals surface area (Å²) in [6, 6.07) is 6.13. The first-order chi connectivity index (χ1) is 17.2. The van der Waals surface area contributed by atoms with E-state index in [4.69, 9.17) is 4.74 Å². The first kappa shape index (κ1) is 28.8. The number of rotatable bonds is 6. The van der Waals surface area contributed by atoms with Crippen molar-refractivity contribution in [1.82, 2.24) is 15.6 Å². The molecule has 9 heteroatoms. The summed E-state index contributed by atoms with van der Waals surface area (Å²) in [5, 5.41) is 5.91. The van der Waals surface area contributed by atoms with Gasteiger partial charge in [0.15, 0.2) is 0 Å². The molecular weight excluding hydrogens is 536 g/mol. The second-order valence-corrected chi connectivity index (χ2v) is 11.9. The lowest BCUT2D eigenvalue weighted by Crippen LogP contribution is -2.44. The molecule has 1 aliphatic carbocycles. The molecule has 1 aromatic heterocycles. The molecular formula is C28H39BrN4O4. The first-order valence-corrected chi connectivity index (χ1v) is 13.5. The number of nitrogens with one attached hydrogen (secondary N) is 3. The number of hydrogen-bond donors (Lipinski definition) is 3. The van der Waals surface area contributed by atoms with E-state index in [0.29, 0.717) is 11.1 Å². The zero-order valence-electron chi connectivity index (χ0n) is 22.9. The van der Waals surface area contributed by atoms with Gasteiger partial charge in [-0.25, -0.2) is 4.79 Å². The van der Waals surface area contributed by atoms with Crippen LogP contribution in [0.5, 0.6) is 0 Å². The Morgan fingerprint density at radius 2 is 1.76 bits per heavy atom. The Kier molecular flexibility index (Phi) is 9.10. The third kappa shape index (κ3) is 7.60. The lowest BCUT2D eigenvalue weighted by Gasteiger charge is -2.37. The smallest absolute Gasteiger partial charge is 0.407 e. The monoisotopic (exact) mass is 574 g/mol. The average molecular weight is 576 g/mol. The fourth-order valence-corrected chi connectivity index (χ4v) is 5.36. The van der Waals surface area contributed by atoms with Crippen LogP contribution in [0, 0.1) is 20.8 Å². The zero-order valence-corrected chi connectivity index (χ0v) is 24.5. The highest BCUT2D eigenvalue weighted by atomic mass is 79.9. The molecule has 0 saturated heterocycles. The van der Waals surface area contributed by atoms with Crippen LogP contribution in [-0.2, 0) is 11.3 Å². The zero-order chi connectivity index (χ0) is 27.5. The number of H-pyrrole nitrogens is 1. The third-order valence-electron chi connectivity index (χ3n) is 6.85. The van der Waals surface area contributed by atoms with Crippen molar-refractivity contribution < 1.29 is 14.3 Å². The minimum atomic E-state index is -0.515. The Morgan fingerprint density at radius 1 is 1.11 bits per heavy atom. The predicted molar refractivity (Wildman–Crippen MR) is 150 cm³/mol. The van der Waals surface area contributed by atoms with E-state index in [-0.39, 0.29) is 36.2 Å². The van der Waals surface area contributed by atoms with Crippen LogP contribution in [0.25, 0.3) is 0 Å². The summed E-state index contributed by atoms with van der Waals surface area (Å²) in [6.45, 7) is 11.4. The summed E-state index contributed by atoms with van der Waals surface area (Å²) in [5.41, 5.74) is 3.93. The molecule has 1 heterocycles. The predicted octanol–water partition coefficient (Wildman–Crippen LogP) is 5.26. The number of aromatic amines is 1. The fraction of sp³-hybridized carbons (Fsp3) is 0.536. The second kappa shape index (κ2) is 11.7. The molecule has 0 unspecified atom stereocenters. The largest absolute Gasteiger partial charge is 0.444 e. The minimum Gasteiger partial charge on any atom is -0.444 e. The van der Waals surface area contributed by atoms with Gasteiger partial charge in [0.25, 0.3) is 11.5 Å². The normalized spacial score (nSPS) is 17.7. The number of hydrogen-bond acceptors (Lipinski definition) is 5. The van der Waals surface area contributed by atoms with Crippen LogP contribution in [-0.4, -0.2) is 41.7 Å². The highest BCUT2D eigenvalue weighted by Crippen LogP contribution is 2.32. The van der Waals surface area contributed by atoms with Crippen LogP contribution in [0.4, 0.5) is 10.5 Å². The van der Waals surface area contributed by atoms with Crippen molar-refractivity contribution >= 4 is 33.6 Å². The van der Waals surface area contributed by atoms with Crippen molar-refractivity contribution in [2.24, 2.45) is 0 Å². The van der Waals surface area contributed by atoms with Crippen molar-refractivity contribution in [3.63, 3.8) is 0 Å².